The van der Waals surface area contributed by atoms with Crippen LogP contribution in [0.15, 0.2) is 24.8 Å². The fraction of sp³-hybridized carbons (Fsp3) is 0.385. The number of nitrogens with two attached hydrogens (primary N) is 1. The summed E-state index contributed by atoms with van der Waals surface area (Å²) in [6.45, 7) is 13.6. The molecule has 12 nitrogen and oxygen atoms in total. The number of allylic oxidation sites excluding steroid dienone is 2. The predicted molar refractivity (Wildman–Crippen MR) is 197 cm³/mol. The van der Waals surface area contributed by atoms with Crippen LogP contribution in [0.3, 0.4) is 0 Å². The van der Waals surface area contributed by atoms with Crippen molar-refractivity contribution in [2.24, 2.45) is 5.73 Å². The summed E-state index contributed by atoms with van der Waals surface area (Å²) in [4.78, 5) is 72.3. The van der Waals surface area contributed by atoms with E-state index >= 15 is 0 Å². The van der Waals surface area contributed by atoms with Gasteiger partial charge in [0.05, 0.1) is 25.6 Å². The largest absolute Gasteiger partial charge is 2.00 e. The van der Waals surface area contributed by atoms with Gasteiger partial charge in [-0.25, -0.2) is 4.98 Å². The number of rotatable bonds is 9. The molecule has 2 N–H and O–H groups in total. The standard InChI is InChI=1S/C39H42N5O7.Mg/c1-9-21-17(3)25-13-27-19(5)23(11-12-31(45)51-16-24(40)38(47)49-7)35(43-27)33-34(39(48)50-8)37(46)32-20(6)28(44-36(32)33)15-30-22(10-2)18(4)26(42-30)14-29(21)41-25;/h9,13-15,19,23-24,34H,1,10-12,16,40H2,2-8H3,(H-,41,42,43,44,46);/q-1;+2/p-1/t19-,23-,24-,34+;/m0./s1. The average Bonchev–Trinajstić information content (AvgIpc) is 3.86. The number of carbonyl (C=O) groups is 4. The van der Waals surface area contributed by atoms with E-state index in [1.807, 2.05) is 45.9 Å². The number of aryl methyl sites for hydroxylation is 2. The van der Waals surface area contributed by atoms with Crippen LogP contribution in [0, 0.1) is 13.8 Å². The number of Topliss-reactive ketones (excluding diaryl/α,β-unsaturated/α-hetero) is 1. The van der Waals surface area contributed by atoms with Crippen molar-refractivity contribution in [3.05, 3.63) is 75.4 Å². The van der Waals surface area contributed by atoms with Gasteiger partial charge in [0.1, 0.15) is 18.6 Å². The Morgan fingerprint density at radius 2 is 1.69 bits per heavy atom. The Labute approximate surface area is 317 Å². The topological polar surface area (TPSA) is 176 Å². The Bertz CT molecular complexity index is 2220. The third kappa shape index (κ3) is 6.50. The molecule has 0 amide bonds. The van der Waals surface area contributed by atoms with E-state index in [1.54, 1.807) is 6.08 Å². The second-order valence-electron chi connectivity index (χ2n) is 13.1. The quantitative estimate of drug-likeness (QED) is 0.137. The fourth-order valence-corrected chi connectivity index (χ4v) is 7.40. The van der Waals surface area contributed by atoms with Crippen LogP contribution in [0.2, 0.25) is 0 Å². The number of ketones is 1. The molecule has 0 radical (unpaired) electrons. The smallest absolute Gasteiger partial charge is 0.657 e. The number of esters is 3. The van der Waals surface area contributed by atoms with Crippen LogP contribution < -0.4 is 15.7 Å². The molecule has 52 heavy (non-hydrogen) atoms. The molecule has 0 aromatic carbocycles. The number of aromatic nitrogens is 4. The van der Waals surface area contributed by atoms with Crippen molar-refractivity contribution >= 4 is 86.0 Å². The van der Waals surface area contributed by atoms with Gasteiger partial charge in [-0.3, -0.25) is 24.2 Å². The minimum atomic E-state index is -1.28. The van der Waals surface area contributed by atoms with Crippen molar-refractivity contribution in [2.75, 3.05) is 20.8 Å². The fourth-order valence-electron chi connectivity index (χ4n) is 7.40. The molecule has 5 heterocycles. The molecule has 3 aliphatic rings. The molecule has 0 saturated heterocycles. The van der Waals surface area contributed by atoms with Gasteiger partial charge in [0.25, 0.3) is 0 Å². The zero-order chi connectivity index (χ0) is 36.9. The van der Waals surface area contributed by atoms with Gasteiger partial charge >= 0.3 is 41.0 Å². The Morgan fingerprint density at radius 1 is 1.00 bits per heavy atom. The van der Waals surface area contributed by atoms with Gasteiger partial charge in [0.2, 0.25) is 0 Å². The van der Waals surface area contributed by atoms with E-state index in [0.717, 1.165) is 45.6 Å². The molecule has 266 valence electrons. The van der Waals surface area contributed by atoms with Crippen molar-refractivity contribution in [3.63, 3.8) is 0 Å². The Morgan fingerprint density at radius 3 is 2.35 bits per heavy atom. The molecular weight excluding hydrogens is 675 g/mol. The molecule has 8 bridgehead atoms. The number of hydrogen-bond donors (Lipinski definition) is 1. The molecule has 0 fully saturated rings. The van der Waals surface area contributed by atoms with Crippen LogP contribution in [0.25, 0.3) is 39.3 Å². The molecule has 2 aliphatic heterocycles. The molecule has 0 saturated carbocycles. The van der Waals surface area contributed by atoms with E-state index in [0.29, 0.717) is 44.6 Å². The number of carbonyl (C=O) groups excluding carboxylic acids is 4. The van der Waals surface area contributed by atoms with Gasteiger partial charge in [-0.15, -0.1) is 22.1 Å². The Kier molecular flexibility index (Phi) is 11.3. The number of hydrogen-bond acceptors (Lipinski definition) is 10. The minimum absolute atomic E-state index is 0. The Balaban J connectivity index is 0.00000523. The summed E-state index contributed by atoms with van der Waals surface area (Å²) >= 11 is 0. The zero-order valence-electron chi connectivity index (χ0n) is 30.6. The molecule has 0 unspecified atom stereocenters. The molecule has 6 rings (SSSR count). The van der Waals surface area contributed by atoms with Crippen LogP contribution >= 0.6 is 0 Å². The van der Waals surface area contributed by atoms with E-state index in [1.165, 1.54) is 14.2 Å². The Hall–Kier alpha value is -4.59. The number of ether oxygens (including phenoxy) is 3. The monoisotopic (exact) mass is 715 g/mol. The van der Waals surface area contributed by atoms with E-state index in [9.17, 15) is 19.2 Å². The van der Waals surface area contributed by atoms with Crippen LogP contribution in [-0.2, 0) is 28.6 Å². The number of methoxy groups -OCH3 is 2. The number of nitrogens with zero attached hydrogens (tertiary/aromatic N) is 4. The molecule has 0 spiro atoms. The maximum absolute atomic E-state index is 14.2. The summed E-state index contributed by atoms with van der Waals surface area (Å²) in [5, 5.41) is 0. The summed E-state index contributed by atoms with van der Waals surface area (Å²) in [6.07, 6.45) is 2.72. The van der Waals surface area contributed by atoms with Crippen molar-refractivity contribution in [3.8, 4) is 0 Å². The summed E-state index contributed by atoms with van der Waals surface area (Å²) in [7, 11) is 2.45. The molecule has 4 atom stereocenters. The summed E-state index contributed by atoms with van der Waals surface area (Å²) < 4.78 is 15.1. The first-order valence-corrected chi connectivity index (χ1v) is 17.0. The van der Waals surface area contributed by atoms with Gasteiger partial charge < -0.3 is 29.9 Å². The van der Waals surface area contributed by atoms with Gasteiger partial charge in [-0.1, -0.05) is 55.8 Å². The SMILES string of the molecule is C=Cc1c(C)c2cc3nc(c4c5[n-]c(cc6nc(cc1[n-]2)C(C)=C6CC)c(C)c5C(=O)[C@@H]4C(=O)OC)[C@@H](CCC(=O)OC[C@H](N)C(=O)OC)[C@@H]3C.[Mg+2]. The minimum Gasteiger partial charge on any atom is -0.657 e. The van der Waals surface area contributed by atoms with E-state index in [2.05, 4.69) is 18.2 Å². The summed E-state index contributed by atoms with van der Waals surface area (Å²) in [5.74, 6) is -4.36. The van der Waals surface area contributed by atoms with Crippen LogP contribution in [0.4, 0.5) is 0 Å². The maximum Gasteiger partial charge on any atom is 2.00 e. The molecule has 13 heteroatoms. The van der Waals surface area contributed by atoms with E-state index < -0.39 is 41.6 Å². The van der Waals surface area contributed by atoms with Crippen LogP contribution in [-0.4, -0.2) is 83.6 Å². The molecular formula is C39H41MgN5O7. The first-order chi connectivity index (χ1) is 24.3. The molecule has 1 aliphatic carbocycles. The van der Waals surface area contributed by atoms with Crippen molar-refractivity contribution < 1.29 is 33.4 Å². The second kappa shape index (κ2) is 15.2. The van der Waals surface area contributed by atoms with Gasteiger partial charge in [0, 0.05) is 35.2 Å². The van der Waals surface area contributed by atoms with Gasteiger partial charge in [-0.05, 0) is 55.9 Å². The molecule has 3 aromatic heterocycles. The first kappa shape index (κ1) is 38.6. The maximum atomic E-state index is 14.2. The van der Waals surface area contributed by atoms with Crippen molar-refractivity contribution in [2.45, 2.75) is 77.7 Å². The average molecular weight is 716 g/mol. The van der Waals surface area contributed by atoms with Gasteiger partial charge in [-0.2, -0.15) is 0 Å². The van der Waals surface area contributed by atoms with Crippen LogP contribution in [0.5, 0.6) is 0 Å². The summed E-state index contributed by atoms with van der Waals surface area (Å²) in [5.41, 5.74) is 16.0. The zero-order valence-corrected chi connectivity index (χ0v) is 32.0. The molecule has 3 aromatic rings. The van der Waals surface area contributed by atoms with Crippen molar-refractivity contribution in [1.29, 1.82) is 0 Å². The predicted octanol–water partition coefficient (Wildman–Crippen LogP) is 4.96. The van der Waals surface area contributed by atoms with Crippen LogP contribution in [0.1, 0.15) is 113 Å². The third-order valence-corrected chi connectivity index (χ3v) is 10.3. The van der Waals surface area contributed by atoms with Crippen molar-refractivity contribution in [1.82, 2.24) is 19.9 Å². The summed E-state index contributed by atoms with van der Waals surface area (Å²) in [6, 6.07) is 4.66. The third-order valence-electron chi connectivity index (χ3n) is 10.3. The van der Waals surface area contributed by atoms with Gasteiger partial charge in [0.15, 0.2) is 5.78 Å². The normalized spacial score (nSPS) is 18.2. The number of fused-ring (bicyclic) bond motifs is 8. The van der Waals surface area contributed by atoms with E-state index in [-0.39, 0.29) is 48.4 Å². The second-order valence-corrected chi connectivity index (χ2v) is 13.1. The van der Waals surface area contributed by atoms with E-state index in [4.69, 9.17) is 35.1 Å². The first-order valence-electron chi connectivity index (χ1n) is 17.0.